The number of nitriles is 1. The van der Waals surface area contributed by atoms with Gasteiger partial charge < -0.3 is 14.7 Å². The number of piperidine rings is 1. The van der Waals surface area contributed by atoms with Crippen molar-refractivity contribution in [2.24, 2.45) is 5.92 Å². The first-order chi connectivity index (χ1) is 10.2. The number of nitrogens with zero attached hydrogens (tertiary/aromatic N) is 2. The first kappa shape index (κ1) is 15.8. The van der Waals surface area contributed by atoms with Crippen LogP contribution in [0.15, 0.2) is 18.2 Å². The highest BCUT2D eigenvalue weighted by Crippen LogP contribution is 2.18. The zero-order valence-corrected chi connectivity index (χ0v) is 12.7. The van der Waals surface area contributed by atoms with Crippen LogP contribution in [0.5, 0.6) is 5.75 Å². The van der Waals surface area contributed by atoms with Crippen LogP contribution in [0.25, 0.3) is 0 Å². The molecule has 114 valence electrons. The second-order valence-corrected chi connectivity index (χ2v) is 5.76. The van der Waals surface area contributed by atoms with Gasteiger partial charge in [-0.15, -0.1) is 0 Å². The largest absolute Gasteiger partial charge is 0.494 e. The molecule has 0 aromatic heterocycles. The van der Waals surface area contributed by atoms with E-state index < -0.39 is 0 Å². The van der Waals surface area contributed by atoms with Crippen molar-refractivity contribution in [3.8, 4) is 11.8 Å². The number of aliphatic hydroxyl groups is 1. The van der Waals surface area contributed by atoms with Crippen molar-refractivity contribution >= 4 is 0 Å². The third-order valence-electron chi connectivity index (χ3n) is 4.17. The highest BCUT2D eigenvalue weighted by atomic mass is 16.5. The molecule has 21 heavy (non-hydrogen) atoms. The van der Waals surface area contributed by atoms with E-state index in [0.29, 0.717) is 24.7 Å². The number of aliphatic hydroxyl groups excluding tert-OH is 1. The van der Waals surface area contributed by atoms with Crippen LogP contribution < -0.4 is 4.74 Å². The first-order valence-electron chi connectivity index (χ1n) is 7.69. The van der Waals surface area contributed by atoms with Crippen LogP contribution in [0.2, 0.25) is 0 Å². The molecule has 0 atom stereocenters. The van der Waals surface area contributed by atoms with E-state index >= 15 is 0 Å². The fourth-order valence-electron chi connectivity index (χ4n) is 2.72. The monoisotopic (exact) mass is 288 g/mol. The Labute approximate surface area is 127 Å². The van der Waals surface area contributed by atoms with Crippen LogP contribution in [-0.2, 0) is 0 Å². The molecule has 1 N–H and O–H groups in total. The lowest BCUT2D eigenvalue weighted by molar-refractivity contribution is 0.126. The molecule has 0 bridgehead atoms. The Bertz CT molecular complexity index is 488. The van der Waals surface area contributed by atoms with E-state index in [1.165, 1.54) is 0 Å². The van der Waals surface area contributed by atoms with Crippen LogP contribution in [0.1, 0.15) is 30.4 Å². The van der Waals surface area contributed by atoms with Gasteiger partial charge in [0.2, 0.25) is 0 Å². The summed E-state index contributed by atoms with van der Waals surface area (Å²) in [4.78, 5) is 2.44. The fourth-order valence-corrected chi connectivity index (χ4v) is 2.72. The van der Waals surface area contributed by atoms with Crippen molar-refractivity contribution in [2.75, 3.05) is 32.8 Å². The molecule has 1 heterocycles. The molecule has 1 fully saturated rings. The maximum Gasteiger partial charge on any atom is 0.119 e. The molecule has 1 aliphatic heterocycles. The zero-order valence-electron chi connectivity index (χ0n) is 12.7. The molecule has 1 aromatic rings. The average molecular weight is 288 g/mol. The Balaban J connectivity index is 1.66. The van der Waals surface area contributed by atoms with Crippen molar-refractivity contribution in [3.05, 3.63) is 29.3 Å². The van der Waals surface area contributed by atoms with Gasteiger partial charge in [0.05, 0.1) is 18.2 Å². The minimum Gasteiger partial charge on any atom is -0.494 e. The number of ether oxygens (including phenoxy) is 1. The van der Waals surface area contributed by atoms with Gasteiger partial charge in [-0.2, -0.15) is 5.26 Å². The predicted octanol–water partition coefficient (Wildman–Crippen LogP) is 2.34. The molecule has 0 unspecified atom stereocenters. The standard InChI is InChI=1S/C17H24N2O2/c1-14-11-17(4-3-16(14)12-18)21-10-2-7-19-8-5-15(13-20)6-9-19/h3-4,11,15,20H,2,5-10,13H2,1H3. The lowest BCUT2D eigenvalue weighted by Gasteiger charge is -2.30. The normalized spacial score (nSPS) is 16.6. The summed E-state index contributed by atoms with van der Waals surface area (Å²) in [7, 11) is 0. The van der Waals surface area contributed by atoms with Crippen molar-refractivity contribution in [2.45, 2.75) is 26.2 Å². The van der Waals surface area contributed by atoms with E-state index in [2.05, 4.69) is 11.0 Å². The number of likely N-dealkylation sites (tertiary alicyclic amines) is 1. The highest BCUT2D eigenvalue weighted by molar-refractivity contribution is 5.41. The Morgan fingerprint density at radius 2 is 2.14 bits per heavy atom. The quantitative estimate of drug-likeness (QED) is 0.816. The molecule has 1 aromatic carbocycles. The summed E-state index contributed by atoms with van der Waals surface area (Å²) in [5, 5.41) is 18.0. The van der Waals surface area contributed by atoms with Gasteiger partial charge in [0, 0.05) is 13.2 Å². The van der Waals surface area contributed by atoms with Gasteiger partial charge in [0.25, 0.3) is 0 Å². The Morgan fingerprint density at radius 3 is 2.76 bits per heavy atom. The molecular formula is C17H24N2O2. The molecule has 0 spiro atoms. The van der Waals surface area contributed by atoms with Gasteiger partial charge in [0.1, 0.15) is 5.75 Å². The van der Waals surface area contributed by atoms with Crippen LogP contribution in [0, 0.1) is 24.2 Å². The summed E-state index contributed by atoms with van der Waals surface area (Å²) in [5.74, 6) is 1.34. The summed E-state index contributed by atoms with van der Waals surface area (Å²) < 4.78 is 5.74. The van der Waals surface area contributed by atoms with Gasteiger partial charge in [-0.05, 0) is 69.0 Å². The third kappa shape index (κ3) is 4.73. The second kappa shape index (κ2) is 8.02. The molecule has 0 aliphatic carbocycles. The van der Waals surface area contributed by atoms with Crippen LogP contribution >= 0.6 is 0 Å². The van der Waals surface area contributed by atoms with Crippen LogP contribution in [-0.4, -0.2) is 42.9 Å². The summed E-state index contributed by atoms with van der Waals surface area (Å²) in [5.41, 5.74) is 1.66. The molecule has 0 saturated carbocycles. The SMILES string of the molecule is Cc1cc(OCCCN2CCC(CO)CC2)ccc1C#N. The first-order valence-corrected chi connectivity index (χ1v) is 7.69. The van der Waals surface area contributed by atoms with E-state index in [1.807, 2.05) is 25.1 Å². The van der Waals surface area contributed by atoms with Gasteiger partial charge in [0.15, 0.2) is 0 Å². The van der Waals surface area contributed by atoms with Gasteiger partial charge >= 0.3 is 0 Å². The lowest BCUT2D eigenvalue weighted by atomic mass is 9.98. The fraction of sp³-hybridized carbons (Fsp3) is 0.588. The summed E-state index contributed by atoms with van der Waals surface area (Å²) in [6, 6.07) is 7.75. The topological polar surface area (TPSA) is 56.5 Å². The number of aryl methyl sites for hydroxylation is 1. The van der Waals surface area contributed by atoms with E-state index in [1.54, 1.807) is 0 Å². The zero-order chi connectivity index (χ0) is 15.1. The second-order valence-electron chi connectivity index (χ2n) is 5.76. The van der Waals surface area contributed by atoms with Crippen molar-refractivity contribution in [1.82, 2.24) is 4.90 Å². The van der Waals surface area contributed by atoms with Gasteiger partial charge in [-0.3, -0.25) is 0 Å². The minimum absolute atomic E-state index is 0.328. The molecule has 2 rings (SSSR count). The molecular weight excluding hydrogens is 264 g/mol. The Kier molecular flexibility index (Phi) is 6.04. The molecule has 1 aliphatic rings. The maximum absolute atomic E-state index is 9.12. The van der Waals surface area contributed by atoms with Crippen LogP contribution in [0.4, 0.5) is 0 Å². The van der Waals surface area contributed by atoms with E-state index in [-0.39, 0.29) is 0 Å². The molecule has 1 saturated heterocycles. The smallest absolute Gasteiger partial charge is 0.119 e. The number of benzene rings is 1. The van der Waals surface area contributed by atoms with Gasteiger partial charge in [-0.1, -0.05) is 0 Å². The number of rotatable bonds is 6. The van der Waals surface area contributed by atoms with Crippen molar-refractivity contribution in [3.63, 3.8) is 0 Å². The Morgan fingerprint density at radius 1 is 1.38 bits per heavy atom. The maximum atomic E-state index is 9.12. The minimum atomic E-state index is 0.328. The third-order valence-corrected chi connectivity index (χ3v) is 4.17. The van der Waals surface area contributed by atoms with E-state index in [4.69, 9.17) is 15.1 Å². The van der Waals surface area contributed by atoms with Gasteiger partial charge in [-0.25, -0.2) is 0 Å². The molecule has 4 heteroatoms. The van der Waals surface area contributed by atoms with E-state index in [0.717, 1.165) is 50.2 Å². The van der Waals surface area contributed by atoms with Crippen molar-refractivity contribution < 1.29 is 9.84 Å². The summed E-state index contributed by atoms with van der Waals surface area (Å²) in [6.45, 7) is 6.17. The number of hydrogen-bond acceptors (Lipinski definition) is 4. The molecule has 4 nitrogen and oxygen atoms in total. The molecule has 0 radical (unpaired) electrons. The molecule has 0 amide bonds. The number of hydrogen-bond donors (Lipinski definition) is 1. The lowest BCUT2D eigenvalue weighted by Crippen LogP contribution is -2.35. The average Bonchev–Trinajstić information content (AvgIpc) is 2.52. The van der Waals surface area contributed by atoms with Crippen LogP contribution in [0.3, 0.4) is 0 Å². The summed E-state index contributed by atoms with van der Waals surface area (Å²) in [6.07, 6.45) is 3.21. The highest BCUT2D eigenvalue weighted by Gasteiger charge is 2.17. The van der Waals surface area contributed by atoms with E-state index in [9.17, 15) is 0 Å². The Hall–Kier alpha value is -1.57. The summed E-state index contributed by atoms with van der Waals surface area (Å²) >= 11 is 0. The van der Waals surface area contributed by atoms with Crippen molar-refractivity contribution in [1.29, 1.82) is 5.26 Å². The predicted molar refractivity (Wildman–Crippen MR) is 82.3 cm³/mol.